The Labute approximate surface area is 418 Å². The number of carbonyl (C=O) groups is 2. The summed E-state index contributed by atoms with van der Waals surface area (Å²) in [6.45, 7) is 4.93. The van der Waals surface area contributed by atoms with Gasteiger partial charge >= 0.3 is 5.97 Å². The minimum absolute atomic E-state index is 0.00961. The highest BCUT2D eigenvalue weighted by molar-refractivity contribution is 5.76. The number of unbranched alkanes of at least 4 members (excludes halogenated alkanes) is 41. The lowest BCUT2D eigenvalue weighted by molar-refractivity contribution is -0.143. The van der Waals surface area contributed by atoms with Crippen molar-refractivity contribution < 1.29 is 24.5 Å². The SMILES string of the molecule is CCCCCCCC/C=C\CCCCCCCCCCCC(=O)OCCCCCCCCCCCCC/C=C\CCCCCCCCCC(=O)NC(CO)C(O)CCCCCCCCCCC. The number of rotatable bonds is 56. The molecule has 2 atom stereocenters. The number of allylic oxidation sites excluding steroid dienone is 4. The highest BCUT2D eigenvalue weighted by Crippen LogP contribution is 2.17. The van der Waals surface area contributed by atoms with Gasteiger partial charge in [0.25, 0.3) is 0 Å². The van der Waals surface area contributed by atoms with Gasteiger partial charge in [-0.05, 0) is 77.0 Å². The van der Waals surface area contributed by atoms with Crippen LogP contribution in [-0.2, 0) is 14.3 Å². The number of carbonyl (C=O) groups excluding carboxylic acids is 2. The molecule has 6 heteroatoms. The van der Waals surface area contributed by atoms with E-state index in [9.17, 15) is 19.8 Å². The Balaban J connectivity index is 3.37. The van der Waals surface area contributed by atoms with Crippen molar-refractivity contribution in [1.82, 2.24) is 5.32 Å². The summed E-state index contributed by atoms with van der Waals surface area (Å²) in [5.74, 6) is -0.0343. The summed E-state index contributed by atoms with van der Waals surface area (Å²) in [6, 6.07) is -0.544. The van der Waals surface area contributed by atoms with Crippen molar-refractivity contribution in [3.63, 3.8) is 0 Å². The average Bonchev–Trinajstić information content (AvgIpc) is 3.33. The van der Waals surface area contributed by atoms with Crippen LogP contribution in [0.4, 0.5) is 0 Å². The van der Waals surface area contributed by atoms with Crippen molar-refractivity contribution in [1.29, 1.82) is 0 Å². The van der Waals surface area contributed by atoms with Gasteiger partial charge in [-0.15, -0.1) is 0 Å². The molecule has 0 aliphatic rings. The molecule has 0 heterocycles. The number of nitrogens with one attached hydrogen (secondary N) is 1. The first-order valence-electron chi connectivity index (χ1n) is 30.1. The Kier molecular flexibility index (Phi) is 55.5. The fraction of sp³-hybridized carbons (Fsp3) is 0.902. The molecule has 0 spiro atoms. The molecule has 0 saturated carbocycles. The van der Waals surface area contributed by atoms with E-state index in [1.54, 1.807) is 0 Å². The van der Waals surface area contributed by atoms with Gasteiger partial charge in [-0.25, -0.2) is 0 Å². The van der Waals surface area contributed by atoms with Gasteiger partial charge < -0.3 is 20.3 Å². The molecule has 0 aliphatic heterocycles. The second-order valence-corrected chi connectivity index (χ2v) is 20.7. The van der Waals surface area contributed by atoms with Crippen molar-refractivity contribution in [2.75, 3.05) is 13.2 Å². The zero-order valence-corrected chi connectivity index (χ0v) is 45.1. The Bertz CT molecular complexity index is 1040. The van der Waals surface area contributed by atoms with Crippen LogP contribution in [0.15, 0.2) is 24.3 Å². The number of esters is 1. The van der Waals surface area contributed by atoms with Crippen molar-refractivity contribution >= 4 is 11.9 Å². The van der Waals surface area contributed by atoms with E-state index in [0.29, 0.717) is 25.9 Å². The van der Waals surface area contributed by atoms with Crippen LogP contribution in [0.1, 0.15) is 328 Å². The zero-order valence-electron chi connectivity index (χ0n) is 45.1. The number of hydrogen-bond donors (Lipinski definition) is 3. The summed E-state index contributed by atoms with van der Waals surface area (Å²) >= 11 is 0. The molecule has 2 unspecified atom stereocenters. The zero-order chi connectivity index (χ0) is 48.6. The molecule has 0 saturated heterocycles. The number of amides is 1. The predicted octanol–water partition coefficient (Wildman–Crippen LogP) is 18.6. The monoisotopic (exact) mass is 944 g/mol. The molecular formula is C61H117NO5. The van der Waals surface area contributed by atoms with E-state index in [4.69, 9.17) is 4.74 Å². The molecule has 0 rings (SSSR count). The Hall–Kier alpha value is -1.66. The highest BCUT2D eigenvalue weighted by atomic mass is 16.5. The topological polar surface area (TPSA) is 95.9 Å². The largest absolute Gasteiger partial charge is 0.466 e. The van der Waals surface area contributed by atoms with Gasteiger partial charge in [0.2, 0.25) is 5.91 Å². The fourth-order valence-electron chi connectivity index (χ4n) is 9.34. The molecule has 0 aliphatic carbocycles. The summed E-state index contributed by atoms with van der Waals surface area (Å²) in [5.41, 5.74) is 0. The summed E-state index contributed by atoms with van der Waals surface area (Å²) in [5, 5.41) is 23.1. The Morgan fingerprint density at radius 2 is 0.701 bits per heavy atom. The van der Waals surface area contributed by atoms with Crippen molar-refractivity contribution in [3.05, 3.63) is 24.3 Å². The maximum Gasteiger partial charge on any atom is 0.305 e. The molecule has 0 aromatic carbocycles. The molecule has 1 amide bonds. The quantitative estimate of drug-likeness (QED) is 0.0321. The number of ether oxygens (including phenoxy) is 1. The smallest absolute Gasteiger partial charge is 0.305 e. The number of hydrogen-bond acceptors (Lipinski definition) is 5. The van der Waals surface area contributed by atoms with Crippen LogP contribution in [0.2, 0.25) is 0 Å². The van der Waals surface area contributed by atoms with E-state index < -0.39 is 12.1 Å². The van der Waals surface area contributed by atoms with Crippen LogP contribution in [0, 0.1) is 0 Å². The third-order valence-electron chi connectivity index (χ3n) is 14.0. The molecular weight excluding hydrogens is 827 g/mol. The van der Waals surface area contributed by atoms with Gasteiger partial charge in [-0.1, -0.05) is 263 Å². The molecule has 6 nitrogen and oxygen atoms in total. The molecule has 396 valence electrons. The summed E-state index contributed by atoms with van der Waals surface area (Å²) in [6.07, 6.45) is 69.1. The van der Waals surface area contributed by atoms with Gasteiger partial charge in [-0.2, -0.15) is 0 Å². The van der Waals surface area contributed by atoms with Crippen molar-refractivity contribution in [3.8, 4) is 0 Å². The van der Waals surface area contributed by atoms with Crippen LogP contribution in [0.5, 0.6) is 0 Å². The van der Waals surface area contributed by atoms with E-state index >= 15 is 0 Å². The summed E-state index contributed by atoms with van der Waals surface area (Å²) in [4.78, 5) is 24.5. The number of aliphatic hydroxyl groups is 2. The molecule has 0 aromatic rings. The highest BCUT2D eigenvalue weighted by Gasteiger charge is 2.20. The summed E-state index contributed by atoms with van der Waals surface area (Å²) < 4.78 is 5.50. The minimum atomic E-state index is -0.666. The first-order valence-corrected chi connectivity index (χ1v) is 30.1. The Morgan fingerprint density at radius 3 is 1.06 bits per heavy atom. The average molecular weight is 945 g/mol. The molecule has 0 aromatic heterocycles. The van der Waals surface area contributed by atoms with E-state index in [0.717, 1.165) is 44.9 Å². The second kappa shape index (κ2) is 56.9. The van der Waals surface area contributed by atoms with Crippen LogP contribution >= 0.6 is 0 Å². The first-order chi connectivity index (χ1) is 33.0. The lowest BCUT2D eigenvalue weighted by Crippen LogP contribution is -2.45. The van der Waals surface area contributed by atoms with Crippen molar-refractivity contribution in [2.45, 2.75) is 341 Å². The van der Waals surface area contributed by atoms with Crippen molar-refractivity contribution in [2.24, 2.45) is 0 Å². The van der Waals surface area contributed by atoms with Crippen LogP contribution in [0.25, 0.3) is 0 Å². The molecule has 3 N–H and O–H groups in total. The summed E-state index contributed by atoms with van der Waals surface area (Å²) in [7, 11) is 0. The van der Waals surface area contributed by atoms with E-state index in [2.05, 4.69) is 43.5 Å². The van der Waals surface area contributed by atoms with Gasteiger partial charge in [0.1, 0.15) is 0 Å². The minimum Gasteiger partial charge on any atom is -0.466 e. The van der Waals surface area contributed by atoms with Crippen LogP contribution in [-0.4, -0.2) is 47.4 Å². The third-order valence-corrected chi connectivity index (χ3v) is 14.0. The lowest BCUT2D eigenvalue weighted by atomic mass is 10.0. The number of aliphatic hydroxyl groups excluding tert-OH is 2. The molecule has 0 fully saturated rings. The molecule has 0 radical (unpaired) electrons. The first kappa shape index (κ1) is 65.3. The van der Waals surface area contributed by atoms with Gasteiger partial charge in [0.05, 0.1) is 25.4 Å². The van der Waals surface area contributed by atoms with Crippen LogP contribution in [0.3, 0.4) is 0 Å². The van der Waals surface area contributed by atoms with E-state index in [-0.39, 0.29) is 18.5 Å². The third kappa shape index (κ3) is 53.5. The van der Waals surface area contributed by atoms with Gasteiger partial charge in [0.15, 0.2) is 0 Å². The van der Waals surface area contributed by atoms with Gasteiger partial charge in [0, 0.05) is 12.8 Å². The normalized spacial score (nSPS) is 12.7. The van der Waals surface area contributed by atoms with Gasteiger partial charge in [-0.3, -0.25) is 9.59 Å². The predicted molar refractivity (Wildman–Crippen MR) is 292 cm³/mol. The van der Waals surface area contributed by atoms with E-state index in [1.165, 1.54) is 250 Å². The Morgan fingerprint density at radius 1 is 0.403 bits per heavy atom. The maximum atomic E-state index is 12.4. The van der Waals surface area contributed by atoms with Crippen LogP contribution < -0.4 is 5.32 Å². The standard InChI is InChI=1S/C61H117NO5/c1-3-5-7-9-11-13-14-15-16-17-22-26-29-32-35-39-43-47-51-55-61(66)67-56-52-48-44-40-36-33-30-27-24-21-19-18-20-23-25-28-31-34-38-42-46-50-54-60(65)62-58(57-63)59(64)53-49-45-41-37-12-10-8-6-4-2/h15-16,20,23,58-59,63-64H,3-14,17-19,21-22,24-57H2,1-2H3,(H,62,65)/b16-15-,23-20-. The van der Waals surface area contributed by atoms with E-state index in [1.807, 2.05) is 0 Å². The lowest BCUT2D eigenvalue weighted by Gasteiger charge is -2.22. The molecule has 0 bridgehead atoms. The maximum absolute atomic E-state index is 12.4. The molecule has 67 heavy (non-hydrogen) atoms. The fourth-order valence-corrected chi connectivity index (χ4v) is 9.34. The second-order valence-electron chi connectivity index (χ2n) is 20.7.